The van der Waals surface area contributed by atoms with Gasteiger partial charge in [-0.2, -0.15) is 5.26 Å². The maximum Gasteiger partial charge on any atom is 0.146 e. The van der Waals surface area contributed by atoms with Gasteiger partial charge in [0.25, 0.3) is 0 Å². The van der Waals surface area contributed by atoms with E-state index in [1.165, 1.54) is 0 Å². The van der Waals surface area contributed by atoms with Gasteiger partial charge in [-0.3, -0.25) is 0 Å². The van der Waals surface area contributed by atoms with Crippen LogP contribution in [0.2, 0.25) is 0 Å². The van der Waals surface area contributed by atoms with Crippen molar-refractivity contribution in [2.75, 3.05) is 18.0 Å². The van der Waals surface area contributed by atoms with Gasteiger partial charge in [0, 0.05) is 24.7 Å². The predicted molar refractivity (Wildman–Crippen MR) is 84.8 cm³/mol. The molecule has 0 amide bonds. The standard InChI is InChI=1S/C16H20N6O/c1-11(2)22-9-14(19-20-22)16(23)6-7-21(10-16)15-13(8-17)5-4-12(3)18-15/h4-5,9,11,23H,6-7,10H2,1-3H3/t16-/m0/s1. The minimum Gasteiger partial charge on any atom is -0.381 e. The number of rotatable bonds is 3. The van der Waals surface area contributed by atoms with Gasteiger partial charge in [-0.1, -0.05) is 5.21 Å². The van der Waals surface area contributed by atoms with Crippen molar-refractivity contribution in [3.05, 3.63) is 35.3 Å². The topological polar surface area (TPSA) is 90.9 Å². The number of aliphatic hydroxyl groups is 1. The minimum atomic E-state index is -1.06. The first-order valence-corrected chi connectivity index (χ1v) is 7.70. The smallest absolute Gasteiger partial charge is 0.146 e. The molecule has 120 valence electrons. The highest BCUT2D eigenvalue weighted by Gasteiger charge is 2.41. The molecule has 1 N–H and O–H groups in total. The highest BCUT2D eigenvalue weighted by atomic mass is 16.3. The first kappa shape index (κ1) is 15.4. The zero-order chi connectivity index (χ0) is 16.6. The summed E-state index contributed by atoms with van der Waals surface area (Å²) < 4.78 is 1.74. The monoisotopic (exact) mass is 312 g/mol. The van der Waals surface area contributed by atoms with E-state index in [0.29, 0.717) is 36.6 Å². The van der Waals surface area contributed by atoms with Crippen LogP contribution in [0, 0.1) is 18.3 Å². The van der Waals surface area contributed by atoms with Crippen LogP contribution in [0.15, 0.2) is 18.3 Å². The molecule has 7 nitrogen and oxygen atoms in total. The number of hydrogen-bond acceptors (Lipinski definition) is 6. The molecule has 1 fully saturated rings. The normalized spacial score (nSPS) is 21.0. The lowest BCUT2D eigenvalue weighted by molar-refractivity contribution is 0.0559. The van der Waals surface area contributed by atoms with E-state index < -0.39 is 5.60 Å². The van der Waals surface area contributed by atoms with Crippen LogP contribution in [0.5, 0.6) is 0 Å². The summed E-state index contributed by atoms with van der Waals surface area (Å²) in [6.45, 7) is 6.89. The van der Waals surface area contributed by atoms with Gasteiger partial charge in [-0.05, 0) is 32.9 Å². The molecule has 23 heavy (non-hydrogen) atoms. The van der Waals surface area contributed by atoms with Gasteiger partial charge in [0.15, 0.2) is 0 Å². The third kappa shape index (κ3) is 2.78. The predicted octanol–water partition coefficient (Wildman–Crippen LogP) is 1.53. The highest BCUT2D eigenvalue weighted by molar-refractivity contribution is 5.55. The Labute approximate surface area is 135 Å². The van der Waals surface area contributed by atoms with Crippen LogP contribution in [0.3, 0.4) is 0 Å². The van der Waals surface area contributed by atoms with Crippen molar-refractivity contribution in [3.63, 3.8) is 0 Å². The summed E-state index contributed by atoms with van der Waals surface area (Å²) in [5.41, 5.74) is 0.872. The van der Waals surface area contributed by atoms with Crippen LogP contribution in [-0.2, 0) is 5.60 Å². The van der Waals surface area contributed by atoms with Crippen molar-refractivity contribution in [3.8, 4) is 6.07 Å². The summed E-state index contributed by atoms with van der Waals surface area (Å²) in [7, 11) is 0. The van der Waals surface area contributed by atoms with Crippen molar-refractivity contribution in [1.29, 1.82) is 5.26 Å². The van der Waals surface area contributed by atoms with Crippen LogP contribution in [0.1, 0.15) is 43.3 Å². The van der Waals surface area contributed by atoms with E-state index in [1.54, 1.807) is 16.9 Å². The molecule has 0 saturated carbocycles. The summed E-state index contributed by atoms with van der Waals surface area (Å²) in [5, 5.41) is 28.4. The molecular formula is C16H20N6O. The number of anilines is 1. The fourth-order valence-electron chi connectivity index (χ4n) is 2.80. The number of nitriles is 1. The molecule has 2 aromatic rings. The number of nitrogens with zero attached hydrogens (tertiary/aromatic N) is 6. The van der Waals surface area contributed by atoms with Gasteiger partial charge in [0.2, 0.25) is 0 Å². The first-order chi connectivity index (χ1) is 10.9. The Hall–Kier alpha value is -2.46. The Morgan fingerprint density at radius 3 is 2.83 bits per heavy atom. The molecule has 0 radical (unpaired) electrons. The fraction of sp³-hybridized carbons (Fsp3) is 0.500. The average molecular weight is 312 g/mol. The Kier molecular flexibility index (Phi) is 3.78. The number of pyridine rings is 1. The SMILES string of the molecule is Cc1ccc(C#N)c(N2CC[C@@](O)(c3cn(C(C)C)nn3)C2)n1. The van der Waals surface area contributed by atoms with Crippen molar-refractivity contribution in [2.45, 2.75) is 38.8 Å². The second-order valence-corrected chi connectivity index (χ2v) is 6.32. The van der Waals surface area contributed by atoms with E-state index in [1.807, 2.05) is 31.7 Å². The lowest BCUT2D eigenvalue weighted by atomic mass is 10.00. The third-order valence-corrected chi connectivity index (χ3v) is 4.20. The second kappa shape index (κ2) is 5.63. The van der Waals surface area contributed by atoms with Gasteiger partial charge in [0.05, 0.1) is 18.3 Å². The van der Waals surface area contributed by atoms with Gasteiger partial charge < -0.3 is 10.0 Å². The van der Waals surface area contributed by atoms with Gasteiger partial charge in [-0.15, -0.1) is 5.10 Å². The number of hydrogen-bond donors (Lipinski definition) is 1. The molecule has 0 aliphatic carbocycles. The molecule has 3 rings (SSSR count). The zero-order valence-electron chi connectivity index (χ0n) is 13.6. The van der Waals surface area contributed by atoms with Crippen molar-refractivity contribution in [1.82, 2.24) is 20.0 Å². The molecule has 2 aromatic heterocycles. The first-order valence-electron chi connectivity index (χ1n) is 7.70. The van der Waals surface area contributed by atoms with Crippen LogP contribution in [0.4, 0.5) is 5.82 Å². The average Bonchev–Trinajstić information content (AvgIpc) is 3.15. The quantitative estimate of drug-likeness (QED) is 0.924. The molecule has 0 aromatic carbocycles. The molecule has 0 bridgehead atoms. The molecule has 7 heteroatoms. The highest BCUT2D eigenvalue weighted by Crippen LogP contribution is 2.34. The van der Waals surface area contributed by atoms with E-state index in [-0.39, 0.29) is 6.04 Å². The molecule has 0 unspecified atom stereocenters. The minimum absolute atomic E-state index is 0.195. The second-order valence-electron chi connectivity index (χ2n) is 6.32. The summed E-state index contributed by atoms with van der Waals surface area (Å²) in [5.74, 6) is 0.625. The van der Waals surface area contributed by atoms with Crippen molar-refractivity contribution in [2.24, 2.45) is 0 Å². The van der Waals surface area contributed by atoms with Crippen LogP contribution in [-0.4, -0.2) is 38.2 Å². The molecule has 1 atom stereocenters. The van der Waals surface area contributed by atoms with Gasteiger partial charge in [-0.25, -0.2) is 9.67 Å². The van der Waals surface area contributed by atoms with Gasteiger partial charge >= 0.3 is 0 Å². The number of aromatic nitrogens is 4. The Balaban J connectivity index is 1.88. The maximum absolute atomic E-state index is 11.0. The van der Waals surface area contributed by atoms with Crippen molar-refractivity contribution < 1.29 is 5.11 Å². The molecule has 1 aliphatic heterocycles. The van der Waals surface area contributed by atoms with Crippen LogP contribution >= 0.6 is 0 Å². The van der Waals surface area contributed by atoms with E-state index in [4.69, 9.17) is 0 Å². The zero-order valence-corrected chi connectivity index (χ0v) is 13.6. The largest absolute Gasteiger partial charge is 0.381 e. The van der Waals surface area contributed by atoms with Crippen LogP contribution in [0.25, 0.3) is 0 Å². The fourth-order valence-corrected chi connectivity index (χ4v) is 2.80. The summed E-state index contributed by atoms with van der Waals surface area (Å²) in [6.07, 6.45) is 2.33. The van der Waals surface area contributed by atoms with E-state index in [2.05, 4.69) is 21.4 Å². The van der Waals surface area contributed by atoms with E-state index in [9.17, 15) is 10.4 Å². The molecule has 0 spiro atoms. The number of aryl methyl sites for hydroxylation is 1. The summed E-state index contributed by atoms with van der Waals surface area (Å²) in [4.78, 5) is 6.41. The van der Waals surface area contributed by atoms with Crippen LogP contribution < -0.4 is 4.90 Å². The Morgan fingerprint density at radius 1 is 1.39 bits per heavy atom. The maximum atomic E-state index is 11.0. The lowest BCUT2D eigenvalue weighted by Crippen LogP contribution is -2.32. The Morgan fingerprint density at radius 2 is 2.17 bits per heavy atom. The summed E-state index contributed by atoms with van der Waals surface area (Å²) in [6, 6.07) is 5.95. The molecule has 1 saturated heterocycles. The van der Waals surface area contributed by atoms with Crippen molar-refractivity contribution >= 4 is 5.82 Å². The van der Waals surface area contributed by atoms with E-state index >= 15 is 0 Å². The number of β-amino-alcohol motifs (C(OH)–C–C–N with tert-alkyl or cyclic N) is 1. The third-order valence-electron chi connectivity index (χ3n) is 4.20. The molecular weight excluding hydrogens is 292 g/mol. The van der Waals surface area contributed by atoms with E-state index in [0.717, 1.165) is 5.69 Å². The molecule has 1 aliphatic rings. The summed E-state index contributed by atoms with van der Waals surface area (Å²) >= 11 is 0. The van der Waals surface area contributed by atoms with Gasteiger partial charge in [0.1, 0.15) is 23.2 Å². The Bertz CT molecular complexity index is 762. The molecule has 3 heterocycles. The lowest BCUT2D eigenvalue weighted by Gasteiger charge is -2.22.